The van der Waals surface area contributed by atoms with Crippen LogP contribution in [0.4, 0.5) is 11.6 Å². The van der Waals surface area contributed by atoms with Crippen LogP contribution >= 0.6 is 0 Å². The molecule has 0 saturated carbocycles. The minimum absolute atomic E-state index is 0.190. The number of carbonyl (C=O) groups excluding carboxylic acids is 1. The zero-order valence-electron chi connectivity index (χ0n) is 10.6. The average Bonchev–Trinajstić information content (AvgIpc) is 2.47. The van der Waals surface area contributed by atoms with Crippen LogP contribution in [0.2, 0.25) is 0 Å². The second-order valence-corrected chi connectivity index (χ2v) is 3.58. The van der Waals surface area contributed by atoms with Crippen molar-refractivity contribution >= 4 is 17.6 Å². The lowest BCUT2D eigenvalue weighted by molar-refractivity contribution is 0.0594. The van der Waals surface area contributed by atoms with E-state index in [1.807, 2.05) is 24.3 Å². The van der Waals surface area contributed by atoms with E-state index in [4.69, 9.17) is 4.74 Å². The Morgan fingerprint density at radius 3 is 2.74 bits per heavy atom. The molecule has 6 nitrogen and oxygen atoms in total. The SMILES string of the molecule is COC(=O)c1ccnc(Nc2ccccc2OC)n1. The fourth-order valence-electron chi connectivity index (χ4n) is 1.51. The fourth-order valence-corrected chi connectivity index (χ4v) is 1.51. The predicted molar refractivity (Wildman–Crippen MR) is 69.6 cm³/mol. The van der Waals surface area contributed by atoms with Gasteiger partial charge in [0.1, 0.15) is 5.75 Å². The predicted octanol–water partition coefficient (Wildman–Crippen LogP) is 2.02. The number of hydrogen-bond acceptors (Lipinski definition) is 6. The summed E-state index contributed by atoms with van der Waals surface area (Å²) in [5.74, 6) is 0.451. The Balaban J connectivity index is 2.26. The number of methoxy groups -OCH3 is 2. The number of benzene rings is 1. The van der Waals surface area contributed by atoms with Gasteiger partial charge in [0.15, 0.2) is 5.69 Å². The van der Waals surface area contributed by atoms with Crippen molar-refractivity contribution in [1.29, 1.82) is 0 Å². The molecule has 0 spiro atoms. The van der Waals surface area contributed by atoms with Gasteiger partial charge in [0.05, 0.1) is 19.9 Å². The van der Waals surface area contributed by atoms with E-state index < -0.39 is 5.97 Å². The summed E-state index contributed by atoms with van der Waals surface area (Å²) in [4.78, 5) is 19.5. The van der Waals surface area contributed by atoms with E-state index in [1.165, 1.54) is 19.4 Å². The van der Waals surface area contributed by atoms with Gasteiger partial charge in [-0.25, -0.2) is 14.8 Å². The number of carbonyl (C=O) groups is 1. The molecule has 0 radical (unpaired) electrons. The minimum Gasteiger partial charge on any atom is -0.495 e. The summed E-state index contributed by atoms with van der Waals surface area (Å²) in [6, 6.07) is 8.84. The van der Waals surface area contributed by atoms with Crippen LogP contribution < -0.4 is 10.1 Å². The van der Waals surface area contributed by atoms with Crippen LogP contribution in [-0.2, 0) is 4.74 Å². The second kappa shape index (κ2) is 5.81. The molecule has 98 valence electrons. The van der Waals surface area contributed by atoms with E-state index in [-0.39, 0.29) is 5.69 Å². The summed E-state index contributed by atoms with van der Waals surface area (Å²) in [5, 5.41) is 2.99. The van der Waals surface area contributed by atoms with Gasteiger partial charge in [-0.1, -0.05) is 12.1 Å². The number of esters is 1. The Kier molecular flexibility index (Phi) is 3.92. The third-order valence-electron chi connectivity index (χ3n) is 2.40. The first kappa shape index (κ1) is 12.8. The summed E-state index contributed by atoms with van der Waals surface area (Å²) in [6.07, 6.45) is 1.48. The van der Waals surface area contributed by atoms with E-state index in [9.17, 15) is 4.79 Å². The maximum Gasteiger partial charge on any atom is 0.356 e. The number of nitrogens with one attached hydrogen (secondary N) is 1. The zero-order valence-corrected chi connectivity index (χ0v) is 10.6. The van der Waals surface area contributed by atoms with Crippen LogP contribution in [0.15, 0.2) is 36.5 Å². The topological polar surface area (TPSA) is 73.3 Å². The average molecular weight is 259 g/mol. The van der Waals surface area contributed by atoms with Gasteiger partial charge in [0.25, 0.3) is 0 Å². The van der Waals surface area contributed by atoms with Gasteiger partial charge in [-0.05, 0) is 18.2 Å². The third kappa shape index (κ3) is 2.98. The van der Waals surface area contributed by atoms with E-state index in [2.05, 4.69) is 20.0 Å². The van der Waals surface area contributed by atoms with Gasteiger partial charge in [-0.2, -0.15) is 0 Å². The van der Waals surface area contributed by atoms with E-state index in [0.717, 1.165) is 0 Å². The molecule has 1 N–H and O–H groups in total. The molecule has 0 aliphatic rings. The van der Waals surface area contributed by atoms with Crippen LogP contribution in [0.25, 0.3) is 0 Å². The summed E-state index contributed by atoms with van der Waals surface area (Å²) >= 11 is 0. The molecule has 2 rings (SSSR count). The molecule has 1 heterocycles. The van der Waals surface area contributed by atoms with Crippen molar-refractivity contribution in [3.8, 4) is 5.75 Å². The lowest BCUT2D eigenvalue weighted by Crippen LogP contribution is -2.07. The molecule has 0 aliphatic heterocycles. The molecule has 0 fully saturated rings. The summed E-state index contributed by atoms with van der Waals surface area (Å²) in [6.45, 7) is 0. The summed E-state index contributed by atoms with van der Waals surface area (Å²) in [5.41, 5.74) is 0.905. The van der Waals surface area contributed by atoms with Gasteiger partial charge in [-0.3, -0.25) is 0 Å². The van der Waals surface area contributed by atoms with Crippen LogP contribution in [0, 0.1) is 0 Å². The quantitative estimate of drug-likeness (QED) is 0.847. The first-order valence-corrected chi connectivity index (χ1v) is 5.56. The Hall–Kier alpha value is -2.63. The number of anilines is 2. The van der Waals surface area contributed by atoms with Crippen molar-refractivity contribution in [2.24, 2.45) is 0 Å². The highest BCUT2D eigenvalue weighted by Gasteiger charge is 2.09. The standard InChI is InChI=1S/C13H13N3O3/c1-18-11-6-4-3-5-9(11)15-13-14-8-7-10(16-13)12(17)19-2/h3-8H,1-2H3,(H,14,15,16). The Morgan fingerprint density at radius 2 is 2.00 bits per heavy atom. The normalized spacial score (nSPS) is 9.79. The van der Waals surface area contributed by atoms with Crippen LogP contribution in [0.1, 0.15) is 10.5 Å². The summed E-state index contributed by atoms with van der Waals surface area (Å²) in [7, 11) is 2.88. The van der Waals surface area contributed by atoms with Crippen molar-refractivity contribution in [2.45, 2.75) is 0 Å². The molecule has 0 aliphatic carbocycles. The number of hydrogen-bond donors (Lipinski definition) is 1. The van der Waals surface area contributed by atoms with Crippen molar-refractivity contribution in [1.82, 2.24) is 9.97 Å². The minimum atomic E-state index is -0.509. The Bertz CT molecular complexity index is 587. The van der Waals surface area contributed by atoms with Gasteiger partial charge in [0.2, 0.25) is 5.95 Å². The second-order valence-electron chi connectivity index (χ2n) is 3.58. The number of para-hydroxylation sites is 2. The molecule has 0 atom stereocenters. The molecule has 1 aromatic carbocycles. The Morgan fingerprint density at radius 1 is 1.21 bits per heavy atom. The smallest absolute Gasteiger partial charge is 0.356 e. The lowest BCUT2D eigenvalue weighted by Gasteiger charge is -2.09. The van der Waals surface area contributed by atoms with Crippen LogP contribution in [-0.4, -0.2) is 30.2 Å². The fraction of sp³-hybridized carbons (Fsp3) is 0.154. The zero-order chi connectivity index (χ0) is 13.7. The van der Waals surface area contributed by atoms with E-state index >= 15 is 0 Å². The molecular weight excluding hydrogens is 246 g/mol. The maximum atomic E-state index is 11.4. The maximum absolute atomic E-state index is 11.4. The lowest BCUT2D eigenvalue weighted by atomic mass is 10.3. The summed E-state index contributed by atoms with van der Waals surface area (Å²) < 4.78 is 9.81. The number of ether oxygens (including phenoxy) is 2. The molecule has 19 heavy (non-hydrogen) atoms. The van der Waals surface area contributed by atoms with Crippen molar-refractivity contribution in [3.05, 3.63) is 42.2 Å². The van der Waals surface area contributed by atoms with Gasteiger partial charge in [-0.15, -0.1) is 0 Å². The van der Waals surface area contributed by atoms with Gasteiger partial charge < -0.3 is 14.8 Å². The molecule has 1 aromatic heterocycles. The molecule has 0 unspecified atom stereocenters. The number of rotatable bonds is 4. The van der Waals surface area contributed by atoms with Crippen molar-refractivity contribution < 1.29 is 14.3 Å². The van der Waals surface area contributed by atoms with Crippen LogP contribution in [0.3, 0.4) is 0 Å². The van der Waals surface area contributed by atoms with Gasteiger partial charge in [0, 0.05) is 6.20 Å². The van der Waals surface area contributed by atoms with Crippen molar-refractivity contribution in [2.75, 3.05) is 19.5 Å². The molecule has 2 aromatic rings. The molecule has 0 saturated heterocycles. The Labute approximate surface area is 110 Å². The first-order chi connectivity index (χ1) is 9.24. The third-order valence-corrected chi connectivity index (χ3v) is 2.40. The molecule has 6 heteroatoms. The molecule has 0 amide bonds. The van der Waals surface area contributed by atoms with E-state index in [0.29, 0.717) is 17.4 Å². The largest absolute Gasteiger partial charge is 0.495 e. The highest BCUT2D eigenvalue weighted by molar-refractivity contribution is 5.87. The molecular formula is C13H13N3O3. The van der Waals surface area contributed by atoms with Crippen molar-refractivity contribution in [3.63, 3.8) is 0 Å². The number of nitrogens with zero attached hydrogens (tertiary/aromatic N) is 2. The van der Waals surface area contributed by atoms with E-state index in [1.54, 1.807) is 7.11 Å². The molecule has 0 bridgehead atoms. The monoisotopic (exact) mass is 259 g/mol. The number of aromatic nitrogens is 2. The van der Waals surface area contributed by atoms with Gasteiger partial charge >= 0.3 is 5.97 Å². The first-order valence-electron chi connectivity index (χ1n) is 5.56. The van der Waals surface area contributed by atoms with Crippen LogP contribution in [0.5, 0.6) is 5.75 Å². The highest BCUT2D eigenvalue weighted by atomic mass is 16.5. The highest BCUT2D eigenvalue weighted by Crippen LogP contribution is 2.25.